The molecule has 5 rings (SSSR count). The molecule has 0 fully saturated rings. The minimum atomic E-state index is -1.62. The number of aromatic nitrogens is 2. The summed E-state index contributed by atoms with van der Waals surface area (Å²) in [6.45, 7) is -0.125. The summed E-state index contributed by atoms with van der Waals surface area (Å²) in [6, 6.07) is 19.2. The van der Waals surface area contributed by atoms with Crippen molar-refractivity contribution in [3.63, 3.8) is 0 Å². The number of aliphatic carboxylic acids is 1. The molecule has 0 aliphatic carbocycles. The smallest absolute Gasteiger partial charge is 0.434 e. The van der Waals surface area contributed by atoms with E-state index in [-0.39, 0.29) is 23.9 Å². The summed E-state index contributed by atoms with van der Waals surface area (Å²) in [5.41, 5.74) is 10.4. The topological polar surface area (TPSA) is 162 Å². The van der Waals surface area contributed by atoms with Crippen LogP contribution in [0.2, 0.25) is 0 Å². The molecular formula is C30H28N4O6. The first-order valence-corrected chi connectivity index (χ1v) is 12.7. The number of rotatable bonds is 10. The molecule has 0 aliphatic rings. The lowest BCUT2D eigenvalue weighted by Crippen LogP contribution is -2.44. The maximum absolute atomic E-state index is 13.3. The van der Waals surface area contributed by atoms with Gasteiger partial charge < -0.3 is 25.5 Å². The first-order valence-electron chi connectivity index (χ1n) is 12.7. The second-order valence-corrected chi connectivity index (χ2v) is 9.55. The molecule has 2 atom stereocenters. The highest BCUT2D eigenvalue weighted by Crippen LogP contribution is 2.24. The Balaban J connectivity index is 1.31. The molecule has 10 heteroatoms. The Bertz CT molecular complexity index is 1680. The number of carboxylic acid groups (broad SMARTS) is 1. The lowest BCUT2D eigenvalue weighted by Gasteiger charge is -2.22. The van der Waals surface area contributed by atoms with Crippen molar-refractivity contribution in [2.45, 2.75) is 31.5 Å². The molecule has 0 radical (unpaired) electrons. The molecule has 0 unspecified atom stereocenters. The molecule has 0 saturated heterocycles. The molecule has 1 amide bonds. The minimum Gasteiger partial charge on any atom is -0.480 e. The average molecular weight is 541 g/mol. The number of H-pyrrole nitrogens is 2. The van der Waals surface area contributed by atoms with Gasteiger partial charge in [0.05, 0.1) is 6.04 Å². The van der Waals surface area contributed by atoms with Gasteiger partial charge in [0.1, 0.15) is 6.61 Å². The average Bonchev–Trinajstić information content (AvgIpc) is 3.57. The van der Waals surface area contributed by atoms with Crippen LogP contribution in [0.25, 0.3) is 21.8 Å². The Morgan fingerprint density at radius 2 is 1.50 bits per heavy atom. The third-order valence-corrected chi connectivity index (χ3v) is 6.89. The first-order chi connectivity index (χ1) is 19.3. The van der Waals surface area contributed by atoms with Crippen molar-refractivity contribution in [3.05, 3.63) is 107 Å². The van der Waals surface area contributed by atoms with Crippen LogP contribution in [0.4, 0.5) is 4.79 Å². The number of nitrogens with one attached hydrogen (secondary N) is 2. The Morgan fingerprint density at radius 1 is 0.850 bits per heavy atom. The highest BCUT2D eigenvalue weighted by atomic mass is 16.6. The predicted octanol–water partition coefficient (Wildman–Crippen LogP) is 4.43. The SMILES string of the molecule is N[C@@H](Cc1c[nH]c2ccccc12)C(=O)c1ccc2[nH]cc(C[C@@H](C(=O)O)N(O)C(=O)OCc3ccccc3)c2c1. The van der Waals surface area contributed by atoms with Gasteiger partial charge in [-0.05, 0) is 47.4 Å². The summed E-state index contributed by atoms with van der Waals surface area (Å²) in [5.74, 6) is -1.68. The van der Waals surface area contributed by atoms with Crippen molar-refractivity contribution in [1.82, 2.24) is 15.0 Å². The largest absolute Gasteiger partial charge is 0.480 e. The van der Waals surface area contributed by atoms with Crippen LogP contribution >= 0.6 is 0 Å². The normalized spacial score (nSPS) is 12.8. The van der Waals surface area contributed by atoms with Gasteiger partial charge in [-0.15, -0.1) is 0 Å². The molecule has 3 aromatic carbocycles. The fourth-order valence-electron chi connectivity index (χ4n) is 4.74. The lowest BCUT2D eigenvalue weighted by atomic mass is 9.96. The number of ether oxygens (including phenoxy) is 1. The zero-order valence-electron chi connectivity index (χ0n) is 21.4. The number of carbonyl (C=O) groups excluding carboxylic acids is 2. The standard InChI is InChI=1S/C30H28N4O6/c31-24(13-20-15-32-25-9-5-4-8-22(20)25)28(35)19-10-11-26-23(12-19)21(16-33-26)14-27(29(36)37)34(39)30(38)40-17-18-6-2-1-3-7-18/h1-12,15-16,24,27,32-33,39H,13-14,17,31H2,(H,36,37)/t24-,27-/m0/s1. The molecule has 40 heavy (non-hydrogen) atoms. The van der Waals surface area contributed by atoms with Gasteiger partial charge in [-0.25, -0.2) is 9.59 Å². The summed E-state index contributed by atoms with van der Waals surface area (Å²) in [5, 5.41) is 21.8. The molecule has 5 aromatic rings. The fourth-order valence-corrected chi connectivity index (χ4v) is 4.74. The second kappa shape index (κ2) is 11.4. The Kier molecular flexibility index (Phi) is 7.63. The van der Waals surface area contributed by atoms with Crippen LogP contribution in [-0.2, 0) is 29.0 Å². The first kappa shape index (κ1) is 26.7. The fraction of sp³-hybridized carbons (Fsp3) is 0.167. The number of para-hydroxylation sites is 1. The number of hydrogen-bond acceptors (Lipinski definition) is 6. The molecule has 2 aromatic heterocycles. The van der Waals surface area contributed by atoms with Crippen LogP contribution in [0, 0.1) is 0 Å². The predicted molar refractivity (Wildman–Crippen MR) is 148 cm³/mol. The van der Waals surface area contributed by atoms with Crippen LogP contribution in [0.1, 0.15) is 27.0 Å². The monoisotopic (exact) mass is 540 g/mol. The van der Waals surface area contributed by atoms with E-state index in [0.29, 0.717) is 34.0 Å². The van der Waals surface area contributed by atoms with Crippen molar-refractivity contribution in [1.29, 1.82) is 0 Å². The van der Waals surface area contributed by atoms with Gasteiger partial charge in [-0.3, -0.25) is 10.0 Å². The minimum absolute atomic E-state index is 0.0796. The van der Waals surface area contributed by atoms with E-state index in [1.807, 2.05) is 36.5 Å². The van der Waals surface area contributed by atoms with Crippen molar-refractivity contribution in [2.75, 3.05) is 0 Å². The van der Waals surface area contributed by atoms with Crippen LogP contribution in [0.3, 0.4) is 0 Å². The van der Waals surface area contributed by atoms with E-state index < -0.39 is 24.1 Å². The third kappa shape index (κ3) is 5.58. The number of amides is 1. The zero-order valence-corrected chi connectivity index (χ0v) is 21.4. The number of aromatic amines is 2. The van der Waals surface area contributed by atoms with Crippen molar-refractivity contribution in [3.8, 4) is 0 Å². The van der Waals surface area contributed by atoms with Crippen LogP contribution in [-0.4, -0.2) is 55.3 Å². The molecular weight excluding hydrogens is 512 g/mol. The van der Waals surface area contributed by atoms with Gasteiger partial charge >= 0.3 is 12.1 Å². The summed E-state index contributed by atoms with van der Waals surface area (Å²) in [4.78, 5) is 43.9. The Hall–Kier alpha value is -4.93. The lowest BCUT2D eigenvalue weighted by molar-refractivity contribution is -0.161. The van der Waals surface area contributed by atoms with Gasteiger partial charge in [-0.2, -0.15) is 5.06 Å². The van der Waals surface area contributed by atoms with E-state index in [9.17, 15) is 24.7 Å². The number of nitrogens with zero attached hydrogens (tertiary/aromatic N) is 1. The van der Waals surface area contributed by atoms with E-state index >= 15 is 0 Å². The molecule has 204 valence electrons. The Labute approximate surface area is 228 Å². The number of carboxylic acids is 1. The number of hydroxylamine groups is 2. The molecule has 0 bridgehead atoms. The van der Waals surface area contributed by atoms with Crippen molar-refractivity contribution >= 4 is 39.7 Å². The summed E-state index contributed by atoms with van der Waals surface area (Å²) < 4.78 is 5.08. The molecule has 6 N–H and O–H groups in total. The van der Waals surface area contributed by atoms with Gasteiger partial charge in [0.2, 0.25) is 0 Å². The molecule has 2 heterocycles. The van der Waals surface area contributed by atoms with Crippen LogP contribution < -0.4 is 5.73 Å². The Morgan fingerprint density at radius 3 is 2.23 bits per heavy atom. The summed E-state index contributed by atoms with van der Waals surface area (Å²) in [7, 11) is 0. The molecule has 10 nitrogen and oxygen atoms in total. The molecule has 0 saturated carbocycles. The number of nitrogens with two attached hydrogens (primary N) is 1. The maximum atomic E-state index is 13.3. The van der Waals surface area contributed by atoms with E-state index in [1.165, 1.54) is 0 Å². The summed E-state index contributed by atoms with van der Waals surface area (Å²) in [6.07, 6.45) is 2.36. The number of benzene rings is 3. The number of carbonyl (C=O) groups is 3. The number of Topliss-reactive ketones (excluding diaryl/α,β-unsaturated/α-hetero) is 1. The van der Waals surface area contributed by atoms with Crippen molar-refractivity contribution < 1.29 is 29.4 Å². The van der Waals surface area contributed by atoms with Crippen LogP contribution in [0.5, 0.6) is 0 Å². The van der Waals surface area contributed by atoms with Crippen molar-refractivity contribution in [2.24, 2.45) is 5.73 Å². The van der Waals surface area contributed by atoms with E-state index in [2.05, 4.69) is 9.97 Å². The third-order valence-electron chi connectivity index (χ3n) is 6.89. The van der Waals surface area contributed by atoms with E-state index in [4.69, 9.17) is 10.5 Å². The van der Waals surface area contributed by atoms with Crippen LogP contribution in [0.15, 0.2) is 85.2 Å². The van der Waals surface area contributed by atoms with E-state index in [0.717, 1.165) is 16.5 Å². The van der Waals surface area contributed by atoms with Gasteiger partial charge in [-0.1, -0.05) is 48.5 Å². The van der Waals surface area contributed by atoms with E-state index in [1.54, 1.807) is 48.7 Å². The van der Waals surface area contributed by atoms with Gasteiger partial charge in [0.15, 0.2) is 11.8 Å². The number of hydrogen-bond donors (Lipinski definition) is 5. The maximum Gasteiger partial charge on any atom is 0.434 e. The molecule has 0 spiro atoms. The number of ketones is 1. The highest BCUT2D eigenvalue weighted by Gasteiger charge is 2.31. The highest BCUT2D eigenvalue weighted by molar-refractivity contribution is 6.03. The number of fused-ring (bicyclic) bond motifs is 2. The quantitative estimate of drug-likeness (QED) is 0.0994. The second-order valence-electron chi connectivity index (χ2n) is 9.55. The van der Waals surface area contributed by atoms with Gasteiger partial charge in [0.25, 0.3) is 0 Å². The molecule has 0 aliphatic heterocycles. The van der Waals surface area contributed by atoms with Gasteiger partial charge in [0, 0.05) is 46.2 Å². The summed E-state index contributed by atoms with van der Waals surface area (Å²) >= 11 is 0. The zero-order chi connectivity index (χ0) is 28.2.